The van der Waals surface area contributed by atoms with E-state index in [9.17, 15) is 22.4 Å². The summed E-state index contributed by atoms with van der Waals surface area (Å²) in [5.41, 5.74) is 0. The van der Waals surface area contributed by atoms with Crippen molar-refractivity contribution < 1.29 is 27.1 Å². The molecule has 1 N–H and O–H groups in total. The molecular weight excluding hydrogens is 375 g/mol. The molecule has 150 valence electrons. The lowest BCUT2D eigenvalue weighted by atomic mass is 10.1. The molecule has 1 heterocycles. The SMILES string of the molecule is C[C@H](NS(=O)(=O)c1ccccc1F)C(=O)OCC(=O)N1CCCCCCC1. The predicted molar refractivity (Wildman–Crippen MR) is 96.8 cm³/mol. The number of nitrogens with one attached hydrogen (secondary N) is 1. The molecule has 0 spiro atoms. The fourth-order valence-electron chi connectivity index (χ4n) is 2.85. The van der Waals surface area contributed by atoms with Crippen LogP contribution >= 0.6 is 0 Å². The molecule has 2 rings (SSSR count). The van der Waals surface area contributed by atoms with E-state index in [1.165, 1.54) is 19.1 Å². The summed E-state index contributed by atoms with van der Waals surface area (Å²) >= 11 is 0. The summed E-state index contributed by atoms with van der Waals surface area (Å²) in [5, 5.41) is 0. The first-order chi connectivity index (χ1) is 12.8. The van der Waals surface area contributed by atoms with Crippen molar-refractivity contribution in [2.75, 3.05) is 19.7 Å². The van der Waals surface area contributed by atoms with Crippen LogP contribution in [0.15, 0.2) is 29.2 Å². The Morgan fingerprint density at radius 1 is 1.15 bits per heavy atom. The summed E-state index contributed by atoms with van der Waals surface area (Å²) in [6, 6.07) is 3.60. The van der Waals surface area contributed by atoms with Gasteiger partial charge in [-0.1, -0.05) is 31.4 Å². The number of likely N-dealkylation sites (tertiary alicyclic amines) is 1. The highest BCUT2D eigenvalue weighted by atomic mass is 32.2. The standard InChI is InChI=1S/C18H25FN2O5S/c1-14(20-27(24,25)16-10-6-5-9-15(16)19)18(23)26-13-17(22)21-11-7-3-2-4-8-12-21/h5-6,9-10,14,20H,2-4,7-8,11-13H2,1H3/t14-/m0/s1. The Labute approximate surface area is 158 Å². The molecule has 1 saturated heterocycles. The molecule has 0 aromatic heterocycles. The Morgan fingerprint density at radius 3 is 2.37 bits per heavy atom. The van der Waals surface area contributed by atoms with Crippen molar-refractivity contribution in [3.63, 3.8) is 0 Å². The van der Waals surface area contributed by atoms with Gasteiger partial charge in [0.2, 0.25) is 10.0 Å². The van der Waals surface area contributed by atoms with Gasteiger partial charge in [0.1, 0.15) is 16.8 Å². The zero-order valence-corrected chi connectivity index (χ0v) is 16.1. The maximum absolute atomic E-state index is 13.7. The Kier molecular flexibility index (Phi) is 7.73. The van der Waals surface area contributed by atoms with Gasteiger partial charge in [0.15, 0.2) is 6.61 Å². The minimum atomic E-state index is -4.22. The number of rotatable bonds is 6. The number of ether oxygens (including phenoxy) is 1. The molecule has 0 unspecified atom stereocenters. The number of benzene rings is 1. The maximum Gasteiger partial charge on any atom is 0.324 e. The van der Waals surface area contributed by atoms with Crippen molar-refractivity contribution in [1.82, 2.24) is 9.62 Å². The lowest BCUT2D eigenvalue weighted by molar-refractivity contribution is -0.153. The van der Waals surface area contributed by atoms with Gasteiger partial charge in [-0.2, -0.15) is 4.72 Å². The van der Waals surface area contributed by atoms with Gasteiger partial charge in [-0.05, 0) is 31.9 Å². The Balaban J connectivity index is 1.88. The van der Waals surface area contributed by atoms with Gasteiger partial charge in [0.05, 0.1) is 0 Å². The van der Waals surface area contributed by atoms with Crippen LogP contribution in [0.3, 0.4) is 0 Å². The molecule has 1 fully saturated rings. The van der Waals surface area contributed by atoms with E-state index in [1.54, 1.807) is 4.90 Å². The van der Waals surface area contributed by atoms with Crippen molar-refractivity contribution in [2.24, 2.45) is 0 Å². The van der Waals surface area contributed by atoms with Gasteiger partial charge >= 0.3 is 5.97 Å². The van der Waals surface area contributed by atoms with Crippen LogP contribution in [0.4, 0.5) is 4.39 Å². The van der Waals surface area contributed by atoms with Crippen molar-refractivity contribution >= 4 is 21.9 Å². The third kappa shape index (κ3) is 6.28. The quantitative estimate of drug-likeness (QED) is 0.736. The first-order valence-electron chi connectivity index (χ1n) is 9.02. The van der Waals surface area contributed by atoms with Gasteiger partial charge in [-0.15, -0.1) is 0 Å². The minimum absolute atomic E-state index is 0.297. The second-order valence-electron chi connectivity index (χ2n) is 6.53. The van der Waals surface area contributed by atoms with Crippen LogP contribution in [0.1, 0.15) is 39.0 Å². The number of sulfonamides is 1. The monoisotopic (exact) mass is 400 g/mol. The van der Waals surface area contributed by atoms with Gasteiger partial charge < -0.3 is 9.64 Å². The third-order valence-electron chi connectivity index (χ3n) is 4.36. The number of halogens is 1. The van der Waals surface area contributed by atoms with E-state index in [0.717, 1.165) is 44.2 Å². The molecule has 1 aliphatic heterocycles. The maximum atomic E-state index is 13.7. The number of hydrogen-bond donors (Lipinski definition) is 1. The largest absolute Gasteiger partial charge is 0.454 e. The summed E-state index contributed by atoms with van der Waals surface area (Å²) in [6.45, 7) is 2.10. The van der Waals surface area contributed by atoms with E-state index < -0.39 is 39.4 Å². The Morgan fingerprint density at radius 2 is 1.74 bits per heavy atom. The number of amides is 1. The molecule has 0 aliphatic carbocycles. The molecule has 27 heavy (non-hydrogen) atoms. The van der Waals surface area contributed by atoms with E-state index in [4.69, 9.17) is 4.74 Å². The van der Waals surface area contributed by atoms with Crippen LogP contribution in [0.25, 0.3) is 0 Å². The lowest BCUT2D eigenvalue weighted by Gasteiger charge is -2.24. The molecule has 1 aliphatic rings. The van der Waals surface area contributed by atoms with Gasteiger partial charge in [0.25, 0.3) is 5.91 Å². The first-order valence-corrected chi connectivity index (χ1v) is 10.5. The summed E-state index contributed by atoms with van der Waals surface area (Å²) < 4.78 is 45.1. The van der Waals surface area contributed by atoms with Crippen LogP contribution in [-0.2, 0) is 24.3 Å². The highest BCUT2D eigenvalue weighted by molar-refractivity contribution is 7.89. The number of esters is 1. The van der Waals surface area contributed by atoms with Gasteiger partial charge in [-0.25, -0.2) is 12.8 Å². The van der Waals surface area contributed by atoms with Crippen molar-refractivity contribution in [2.45, 2.75) is 50.0 Å². The average molecular weight is 400 g/mol. The summed E-state index contributed by atoms with van der Waals surface area (Å²) in [5.74, 6) is -2.11. The Bertz CT molecular complexity index is 761. The number of carbonyl (C=O) groups is 2. The minimum Gasteiger partial charge on any atom is -0.454 e. The number of nitrogens with zero attached hydrogens (tertiary/aromatic N) is 1. The molecule has 1 atom stereocenters. The van der Waals surface area contributed by atoms with Crippen LogP contribution in [-0.4, -0.2) is 50.9 Å². The van der Waals surface area contributed by atoms with Crippen LogP contribution in [0.2, 0.25) is 0 Å². The lowest BCUT2D eigenvalue weighted by Crippen LogP contribution is -2.42. The van der Waals surface area contributed by atoms with E-state index in [0.29, 0.717) is 13.1 Å². The smallest absolute Gasteiger partial charge is 0.324 e. The highest BCUT2D eigenvalue weighted by Gasteiger charge is 2.26. The molecule has 0 bridgehead atoms. The molecule has 1 aromatic rings. The number of hydrogen-bond acceptors (Lipinski definition) is 5. The molecule has 1 amide bonds. The molecule has 9 heteroatoms. The van der Waals surface area contributed by atoms with Crippen LogP contribution in [0, 0.1) is 5.82 Å². The van der Waals surface area contributed by atoms with E-state index in [-0.39, 0.29) is 5.91 Å². The van der Waals surface area contributed by atoms with E-state index >= 15 is 0 Å². The second kappa shape index (κ2) is 9.80. The van der Waals surface area contributed by atoms with Gasteiger partial charge in [-0.3, -0.25) is 9.59 Å². The molecule has 7 nitrogen and oxygen atoms in total. The zero-order chi connectivity index (χ0) is 19.9. The second-order valence-corrected chi connectivity index (χ2v) is 8.21. The summed E-state index contributed by atoms with van der Waals surface area (Å²) in [4.78, 5) is 25.3. The predicted octanol–water partition coefficient (Wildman–Crippen LogP) is 1.83. The highest BCUT2D eigenvalue weighted by Crippen LogP contribution is 2.14. The molecule has 0 saturated carbocycles. The fraction of sp³-hybridized carbons (Fsp3) is 0.556. The van der Waals surface area contributed by atoms with Crippen molar-refractivity contribution in [1.29, 1.82) is 0 Å². The topological polar surface area (TPSA) is 92.8 Å². The molecular formula is C18H25FN2O5S. The normalized spacial score (nSPS) is 16.9. The first kappa shape index (κ1) is 21.3. The van der Waals surface area contributed by atoms with E-state index in [2.05, 4.69) is 4.72 Å². The van der Waals surface area contributed by atoms with Gasteiger partial charge in [0, 0.05) is 13.1 Å². The zero-order valence-electron chi connectivity index (χ0n) is 15.3. The third-order valence-corrected chi connectivity index (χ3v) is 5.93. The summed E-state index contributed by atoms with van der Waals surface area (Å²) in [6.07, 6.45) is 5.13. The fourth-order valence-corrected chi connectivity index (χ4v) is 4.12. The van der Waals surface area contributed by atoms with Crippen molar-refractivity contribution in [3.05, 3.63) is 30.1 Å². The Hall–Kier alpha value is -2.00. The van der Waals surface area contributed by atoms with Crippen molar-refractivity contribution in [3.8, 4) is 0 Å². The number of carbonyl (C=O) groups excluding carboxylic acids is 2. The van der Waals surface area contributed by atoms with Crippen LogP contribution in [0.5, 0.6) is 0 Å². The van der Waals surface area contributed by atoms with E-state index in [1.807, 2.05) is 0 Å². The summed E-state index contributed by atoms with van der Waals surface area (Å²) in [7, 11) is -4.22. The van der Waals surface area contributed by atoms with Crippen LogP contribution < -0.4 is 4.72 Å². The molecule has 1 aromatic carbocycles. The average Bonchev–Trinajstić information content (AvgIpc) is 2.58. The molecule has 0 radical (unpaired) electrons.